The molecule has 0 saturated heterocycles. The van der Waals surface area contributed by atoms with Crippen LogP contribution in [0.5, 0.6) is 0 Å². The van der Waals surface area contributed by atoms with Crippen LogP contribution in [0.3, 0.4) is 0 Å². The highest BCUT2D eigenvalue weighted by atomic mass is 32.2. The van der Waals surface area contributed by atoms with Crippen LogP contribution in [0.2, 0.25) is 0 Å². The summed E-state index contributed by atoms with van der Waals surface area (Å²) >= 11 is 0. The maximum atomic E-state index is 11.6. The summed E-state index contributed by atoms with van der Waals surface area (Å²) in [6, 6.07) is 0. The van der Waals surface area contributed by atoms with E-state index in [0.29, 0.717) is 13.0 Å². The second-order valence-corrected chi connectivity index (χ2v) is 6.60. The van der Waals surface area contributed by atoms with Gasteiger partial charge in [-0.25, -0.2) is 8.42 Å². The number of carbonyl (C=O) groups excluding carboxylic acids is 1. The lowest BCUT2D eigenvalue weighted by molar-refractivity contribution is 0.0973. The number of hydrogen-bond acceptors (Lipinski definition) is 3. The highest BCUT2D eigenvalue weighted by molar-refractivity contribution is 7.90. The molecule has 5 heteroatoms. The number of carbonyl (C=O) groups is 1. The van der Waals surface area contributed by atoms with Crippen molar-refractivity contribution in [1.29, 1.82) is 0 Å². The Balaban J connectivity index is 2.16. The molecule has 1 heterocycles. The first-order valence-corrected chi connectivity index (χ1v) is 7.41. The van der Waals surface area contributed by atoms with Gasteiger partial charge in [0, 0.05) is 37.2 Å². The minimum absolute atomic E-state index is 0.120. The van der Waals surface area contributed by atoms with Crippen LogP contribution in [-0.4, -0.2) is 30.8 Å². The smallest absolute Gasteiger partial charge is 0.164 e. The molecule has 1 aliphatic rings. The number of nitrogens with zero attached hydrogens (tertiary/aromatic N) is 1. The van der Waals surface area contributed by atoms with Crippen molar-refractivity contribution in [2.75, 3.05) is 12.0 Å². The number of sulfone groups is 1. The zero-order chi connectivity index (χ0) is 11.8. The Morgan fingerprint density at radius 2 is 2.06 bits per heavy atom. The Hall–Kier alpha value is -1.10. The molecule has 0 aliphatic heterocycles. The first-order valence-electron chi connectivity index (χ1n) is 5.35. The molecular weight excluding hydrogens is 226 g/mol. The monoisotopic (exact) mass is 241 g/mol. The fourth-order valence-electron chi connectivity index (χ4n) is 1.98. The normalized spacial score (nSPS) is 16.2. The van der Waals surface area contributed by atoms with Crippen molar-refractivity contribution in [3.8, 4) is 0 Å². The third kappa shape index (κ3) is 2.52. The summed E-state index contributed by atoms with van der Waals surface area (Å²) in [5, 5.41) is 0. The summed E-state index contributed by atoms with van der Waals surface area (Å²) in [6.45, 7) is 0.430. The Bertz CT molecular complexity index is 513. The van der Waals surface area contributed by atoms with Gasteiger partial charge in [-0.3, -0.25) is 4.79 Å². The minimum atomic E-state index is -2.94. The molecule has 0 bridgehead atoms. The van der Waals surface area contributed by atoms with E-state index in [1.165, 1.54) is 6.26 Å². The van der Waals surface area contributed by atoms with Crippen LogP contribution < -0.4 is 0 Å². The van der Waals surface area contributed by atoms with Gasteiger partial charge in [-0.1, -0.05) is 0 Å². The maximum absolute atomic E-state index is 11.6. The minimum Gasteiger partial charge on any atom is -0.352 e. The standard InChI is InChI=1S/C11H15NO3S/c1-16(14,15)6-5-12-7-9-3-2-4-11(13)10(9)8-12/h7-8H,2-6H2,1H3. The van der Waals surface area contributed by atoms with Crippen molar-refractivity contribution in [2.45, 2.75) is 25.8 Å². The van der Waals surface area contributed by atoms with Crippen LogP contribution in [0.1, 0.15) is 28.8 Å². The Morgan fingerprint density at radius 3 is 2.69 bits per heavy atom. The first-order chi connectivity index (χ1) is 7.46. The fourth-order valence-corrected chi connectivity index (χ4v) is 2.52. The van der Waals surface area contributed by atoms with Gasteiger partial charge in [0.1, 0.15) is 9.84 Å². The van der Waals surface area contributed by atoms with Crippen LogP contribution >= 0.6 is 0 Å². The molecule has 0 unspecified atom stereocenters. The van der Waals surface area contributed by atoms with Crippen LogP contribution in [0.25, 0.3) is 0 Å². The van der Waals surface area contributed by atoms with Crippen molar-refractivity contribution in [3.05, 3.63) is 23.5 Å². The molecular formula is C11H15NO3S. The van der Waals surface area contributed by atoms with E-state index in [1.54, 1.807) is 6.20 Å². The lowest BCUT2D eigenvalue weighted by atomic mass is 9.95. The van der Waals surface area contributed by atoms with Gasteiger partial charge in [-0.2, -0.15) is 0 Å². The molecule has 0 spiro atoms. The molecule has 16 heavy (non-hydrogen) atoms. The summed E-state index contributed by atoms with van der Waals surface area (Å²) in [6.07, 6.45) is 7.35. The van der Waals surface area contributed by atoms with Crippen molar-refractivity contribution in [3.63, 3.8) is 0 Å². The number of hydrogen-bond donors (Lipinski definition) is 0. The topological polar surface area (TPSA) is 56.1 Å². The van der Waals surface area contributed by atoms with Crippen molar-refractivity contribution in [1.82, 2.24) is 4.57 Å². The quantitative estimate of drug-likeness (QED) is 0.795. The van der Waals surface area contributed by atoms with Crippen molar-refractivity contribution < 1.29 is 13.2 Å². The number of Topliss-reactive ketones (excluding diaryl/α,β-unsaturated/α-hetero) is 1. The van der Waals surface area contributed by atoms with Gasteiger partial charge in [-0.15, -0.1) is 0 Å². The van der Waals surface area contributed by atoms with Gasteiger partial charge in [0.2, 0.25) is 0 Å². The molecule has 0 fully saturated rings. The van der Waals surface area contributed by atoms with E-state index in [0.717, 1.165) is 24.0 Å². The number of fused-ring (bicyclic) bond motifs is 1. The van der Waals surface area contributed by atoms with Gasteiger partial charge >= 0.3 is 0 Å². The second kappa shape index (κ2) is 4.05. The molecule has 0 atom stereocenters. The third-order valence-electron chi connectivity index (χ3n) is 2.83. The SMILES string of the molecule is CS(=O)(=O)CCn1cc2c(c1)C(=O)CCC2. The molecule has 1 aromatic rings. The van der Waals surface area contributed by atoms with E-state index in [4.69, 9.17) is 0 Å². The summed E-state index contributed by atoms with van der Waals surface area (Å²) in [7, 11) is -2.94. The highest BCUT2D eigenvalue weighted by Gasteiger charge is 2.19. The number of aryl methyl sites for hydroxylation is 2. The third-order valence-corrected chi connectivity index (χ3v) is 3.76. The molecule has 2 rings (SSSR count). The van der Waals surface area contributed by atoms with Crippen LogP contribution in [-0.2, 0) is 22.8 Å². The molecule has 0 radical (unpaired) electrons. The molecule has 0 aromatic carbocycles. The van der Waals surface area contributed by atoms with Gasteiger partial charge in [-0.05, 0) is 18.4 Å². The predicted octanol–water partition coefficient (Wildman–Crippen LogP) is 1.05. The summed E-state index contributed by atoms with van der Waals surface area (Å²) < 4.78 is 23.9. The predicted molar refractivity (Wildman–Crippen MR) is 61.4 cm³/mol. The lowest BCUT2D eigenvalue weighted by Gasteiger charge is -2.07. The average Bonchev–Trinajstić information content (AvgIpc) is 2.58. The average molecular weight is 241 g/mol. The van der Waals surface area contributed by atoms with Crippen molar-refractivity contribution >= 4 is 15.6 Å². The second-order valence-electron chi connectivity index (χ2n) is 4.34. The molecule has 1 aromatic heterocycles. The summed E-state index contributed by atoms with van der Waals surface area (Å²) in [5.74, 6) is 0.300. The molecule has 4 nitrogen and oxygen atoms in total. The van der Waals surface area contributed by atoms with Gasteiger partial charge in [0.15, 0.2) is 5.78 Å². The molecule has 0 amide bonds. The van der Waals surface area contributed by atoms with Crippen LogP contribution in [0.4, 0.5) is 0 Å². The molecule has 0 N–H and O–H groups in total. The van der Waals surface area contributed by atoms with E-state index < -0.39 is 9.84 Å². The van der Waals surface area contributed by atoms with Gasteiger partial charge in [0.25, 0.3) is 0 Å². The van der Waals surface area contributed by atoms with E-state index in [-0.39, 0.29) is 11.5 Å². The molecule has 1 aliphatic carbocycles. The van der Waals surface area contributed by atoms with Crippen molar-refractivity contribution in [2.24, 2.45) is 0 Å². The maximum Gasteiger partial charge on any atom is 0.164 e. The van der Waals surface area contributed by atoms with Crippen LogP contribution in [0.15, 0.2) is 12.4 Å². The lowest BCUT2D eigenvalue weighted by Crippen LogP contribution is -2.09. The Labute approximate surface area is 95.2 Å². The summed E-state index contributed by atoms with van der Waals surface area (Å²) in [4.78, 5) is 11.6. The zero-order valence-corrected chi connectivity index (χ0v) is 10.1. The molecule has 0 saturated carbocycles. The Kier molecular flexibility index (Phi) is 2.88. The summed E-state index contributed by atoms with van der Waals surface area (Å²) in [5.41, 5.74) is 1.84. The van der Waals surface area contributed by atoms with E-state index in [2.05, 4.69) is 0 Å². The number of rotatable bonds is 3. The number of aromatic nitrogens is 1. The van der Waals surface area contributed by atoms with Crippen LogP contribution in [0, 0.1) is 0 Å². The zero-order valence-electron chi connectivity index (χ0n) is 9.27. The first kappa shape index (κ1) is 11.4. The van der Waals surface area contributed by atoms with E-state index in [1.807, 2.05) is 10.8 Å². The Morgan fingerprint density at radius 1 is 1.31 bits per heavy atom. The highest BCUT2D eigenvalue weighted by Crippen LogP contribution is 2.21. The van der Waals surface area contributed by atoms with E-state index in [9.17, 15) is 13.2 Å². The fraction of sp³-hybridized carbons (Fsp3) is 0.545. The molecule has 88 valence electrons. The van der Waals surface area contributed by atoms with Gasteiger partial charge in [0.05, 0.1) is 5.75 Å². The van der Waals surface area contributed by atoms with E-state index >= 15 is 0 Å². The van der Waals surface area contributed by atoms with Gasteiger partial charge < -0.3 is 4.57 Å². The largest absolute Gasteiger partial charge is 0.352 e. The number of ketones is 1.